The van der Waals surface area contributed by atoms with Crippen LogP contribution in [0.5, 0.6) is 0 Å². The van der Waals surface area contributed by atoms with Crippen LogP contribution in [0.4, 0.5) is 0 Å². The number of aliphatic hydroxyl groups is 1. The number of amides is 1. The van der Waals surface area contributed by atoms with E-state index >= 15 is 0 Å². The van der Waals surface area contributed by atoms with Gasteiger partial charge in [-0.3, -0.25) is 14.4 Å². The fourth-order valence-corrected chi connectivity index (χ4v) is 3.23. The third-order valence-electron chi connectivity index (χ3n) is 5.67. The summed E-state index contributed by atoms with van der Waals surface area (Å²) in [6.45, 7) is 5.94. The summed E-state index contributed by atoms with van der Waals surface area (Å²) in [5.74, 6) is -2.47. The molecule has 0 heterocycles. The third kappa shape index (κ3) is 16.3. The highest BCUT2D eigenvalue weighted by Gasteiger charge is 2.34. The predicted molar refractivity (Wildman–Crippen MR) is 133 cm³/mol. The zero-order valence-corrected chi connectivity index (χ0v) is 21.8. The van der Waals surface area contributed by atoms with Crippen molar-refractivity contribution in [2.45, 2.75) is 110 Å². The topological polar surface area (TPSA) is 171 Å². The molecule has 0 rings (SSSR count). The number of rotatable bonds is 20. The number of carbonyl (C=O) groups is 4. The van der Waals surface area contributed by atoms with Crippen LogP contribution in [-0.2, 0) is 28.7 Å². The molecule has 1 unspecified atom stereocenters. The molecule has 0 saturated carbocycles. The van der Waals surface area contributed by atoms with Crippen molar-refractivity contribution in [1.29, 1.82) is 0 Å². The van der Waals surface area contributed by atoms with E-state index in [9.17, 15) is 24.3 Å². The average molecular weight is 502 g/mol. The van der Waals surface area contributed by atoms with E-state index in [4.69, 9.17) is 20.9 Å². The highest BCUT2D eigenvalue weighted by molar-refractivity contribution is 5.88. The lowest BCUT2D eigenvalue weighted by molar-refractivity contribution is -0.160. The summed E-state index contributed by atoms with van der Waals surface area (Å²) in [5, 5.41) is 12.9. The zero-order chi connectivity index (χ0) is 26.7. The Morgan fingerprint density at radius 3 is 2.20 bits per heavy atom. The summed E-state index contributed by atoms with van der Waals surface area (Å²) >= 11 is 0. The van der Waals surface area contributed by atoms with Crippen LogP contribution in [0.15, 0.2) is 0 Å². The van der Waals surface area contributed by atoms with Crippen molar-refractivity contribution in [2.75, 3.05) is 19.7 Å². The van der Waals surface area contributed by atoms with Crippen LogP contribution in [0.2, 0.25) is 0 Å². The summed E-state index contributed by atoms with van der Waals surface area (Å²) in [7, 11) is 0. The molecule has 35 heavy (non-hydrogen) atoms. The normalized spacial score (nSPS) is 13.1. The van der Waals surface area contributed by atoms with Crippen molar-refractivity contribution in [3.8, 4) is 0 Å². The molecule has 0 fully saturated rings. The Morgan fingerprint density at radius 2 is 1.54 bits per heavy atom. The molecule has 0 aliphatic rings. The van der Waals surface area contributed by atoms with Crippen molar-refractivity contribution in [1.82, 2.24) is 5.32 Å². The molecule has 204 valence electrons. The first-order chi connectivity index (χ1) is 16.5. The van der Waals surface area contributed by atoms with E-state index < -0.39 is 35.4 Å². The molecule has 0 spiro atoms. The lowest BCUT2D eigenvalue weighted by atomic mass is 9.87. The number of carbonyl (C=O) groups excluding carboxylic acids is 4. The Morgan fingerprint density at radius 1 is 0.914 bits per heavy atom. The van der Waals surface area contributed by atoms with Gasteiger partial charge in [0.1, 0.15) is 12.1 Å². The van der Waals surface area contributed by atoms with Crippen molar-refractivity contribution in [3.63, 3.8) is 0 Å². The molecular weight excluding hydrogens is 454 g/mol. The van der Waals surface area contributed by atoms with Crippen molar-refractivity contribution in [3.05, 3.63) is 0 Å². The second-order valence-electron chi connectivity index (χ2n) is 9.65. The molecule has 0 aliphatic heterocycles. The summed E-state index contributed by atoms with van der Waals surface area (Å²) < 4.78 is 9.98. The number of nitrogens with two attached hydrogens (primary N) is 2. The summed E-state index contributed by atoms with van der Waals surface area (Å²) in [6, 6.07) is -0.873. The van der Waals surface area contributed by atoms with Crippen LogP contribution in [0.3, 0.4) is 0 Å². The number of ether oxygens (including phenoxy) is 2. The van der Waals surface area contributed by atoms with Gasteiger partial charge in [0, 0.05) is 24.8 Å². The Bertz CT molecular complexity index is 641. The molecule has 2 atom stereocenters. The van der Waals surface area contributed by atoms with Gasteiger partial charge in [-0.2, -0.15) is 0 Å². The van der Waals surface area contributed by atoms with E-state index in [1.54, 1.807) is 13.8 Å². The summed E-state index contributed by atoms with van der Waals surface area (Å²) in [5.41, 5.74) is 10.1. The molecule has 0 aromatic rings. The predicted octanol–water partition coefficient (Wildman–Crippen LogP) is 2.09. The standard InChI is InChI=1S/C25H47N3O7/c1-4-5-6-7-8-9-14-20(29)34-18-25(2,3)22(31)23(32)28-17-12-15-21(30)35-24(33)19(27)13-10-11-16-26/h19,22,31H,4-18,26-27H2,1-3H3,(H,28,32)/t19-,22?/m0/s1. The third-order valence-corrected chi connectivity index (χ3v) is 5.67. The van der Waals surface area contributed by atoms with Crippen molar-refractivity contribution >= 4 is 23.8 Å². The second kappa shape index (κ2) is 19.2. The number of unbranched alkanes of at least 4 members (excludes halogenated alkanes) is 6. The van der Waals surface area contributed by atoms with Gasteiger partial charge in [-0.1, -0.05) is 59.3 Å². The molecule has 0 aliphatic carbocycles. The van der Waals surface area contributed by atoms with Crippen LogP contribution in [0.1, 0.15) is 97.8 Å². The van der Waals surface area contributed by atoms with Crippen molar-refractivity contribution < 1.29 is 33.8 Å². The Labute approximate surface area is 209 Å². The van der Waals surface area contributed by atoms with Crippen LogP contribution in [0.25, 0.3) is 0 Å². The molecule has 0 aromatic heterocycles. The fourth-order valence-electron chi connectivity index (χ4n) is 3.23. The van der Waals surface area contributed by atoms with Crippen LogP contribution >= 0.6 is 0 Å². The molecule has 0 saturated heterocycles. The second-order valence-corrected chi connectivity index (χ2v) is 9.65. The first-order valence-corrected chi connectivity index (χ1v) is 12.9. The monoisotopic (exact) mass is 501 g/mol. The smallest absolute Gasteiger partial charge is 0.330 e. The number of hydrogen-bond acceptors (Lipinski definition) is 9. The van der Waals surface area contributed by atoms with Gasteiger partial charge < -0.3 is 31.4 Å². The molecular formula is C25H47N3O7. The van der Waals surface area contributed by atoms with Gasteiger partial charge in [0.15, 0.2) is 0 Å². The summed E-state index contributed by atoms with van der Waals surface area (Å²) in [4.78, 5) is 47.8. The number of hydrogen-bond donors (Lipinski definition) is 4. The summed E-state index contributed by atoms with van der Waals surface area (Å²) in [6.07, 6.45) is 7.24. The quantitative estimate of drug-likeness (QED) is 0.111. The average Bonchev–Trinajstić information content (AvgIpc) is 2.82. The van der Waals surface area contributed by atoms with E-state index in [2.05, 4.69) is 12.2 Å². The van der Waals surface area contributed by atoms with Gasteiger partial charge in [-0.05, 0) is 32.2 Å². The zero-order valence-electron chi connectivity index (χ0n) is 21.8. The molecule has 6 N–H and O–H groups in total. The maximum absolute atomic E-state index is 12.3. The van der Waals surface area contributed by atoms with Crippen LogP contribution < -0.4 is 16.8 Å². The van der Waals surface area contributed by atoms with Gasteiger partial charge in [0.05, 0.1) is 6.61 Å². The van der Waals surface area contributed by atoms with Gasteiger partial charge in [-0.15, -0.1) is 0 Å². The number of esters is 3. The molecule has 0 aromatic carbocycles. The van der Waals surface area contributed by atoms with Crippen molar-refractivity contribution in [2.24, 2.45) is 16.9 Å². The molecule has 1 amide bonds. The number of aliphatic hydroxyl groups excluding tert-OH is 1. The van der Waals surface area contributed by atoms with E-state index in [1.165, 1.54) is 19.3 Å². The minimum Gasteiger partial charge on any atom is -0.465 e. The van der Waals surface area contributed by atoms with E-state index in [0.29, 0.717) is 25.8 Å². The Balaban J connectivity index is 4.14. The van der Waals surface area contributed by atoms with E-state index in [1.807, 2.05) is 0 Å². The Kier molecular flexibility index (Phi) is 18.1. The highest BCUT2D eigenvalue weighted by atomic mass is 16.6. The SMILES string of the molecule is CCCCCCCCC(=O)OCC(C)(C)C(O)C(=O)NCCCC(=O)OC(=O)[C@@H](N)CCCCN. The van der Waals surface area contributed by atoms with Gasteiger partial charge in [0.2, 0.25) is 5.91 Å². The first kappa shape index (κ1) is 33.0. The largest absolute Gasteiger partial charge is 0.465 e. The maximum atomic E-state index is 12.3. The van der Waals surface area contributed by atoms with Crippen LogP contribution in [0, 0.1) is 5.41 Å². The molecule has 0 bridgehead atoms. The lowest BCUT2D eigenvalue weighted by Gasteiger charge is -2.29. The minimum atomic E-state index is -1.40. The van der Waals surface area contributed by atoms with Gasteiger partial charge in [-0.25, -0.2) is 4.79 Å². The van der Waals surface area contributed by atoms with E-state index in [-0.39, 0.29) is 32.0 Å². The highest BCUT2D eigenvalue weighted by Crippen LogP contribution is 2.22. The number of nitrogens with one attached hydrogen (secondary N) is 1. The maximum Gasteiger partial charge on any atom is 0.330 e. The van der Waals surface area contributed by atoms with Gasteiger partial charge in [0.25, 0.3) is 0 Å². The van der Waals surface area contributed by atoms with E-state index in [0.717, 1.165) is 25.7 Å². The minimum absolute atomic E-state index is 0.0862. The first-order valence-electron chi connectivity index (χ1n) is 12.9. The van der Waals surface area contributed by atoms with Crippen LogP contribution in [-0.4, -0.2) is 60.8 Å². The fraction of sp³-hybridized carbons (Fsp3) is 0.840. The molecule has 10 heteroatoms. The molecule has 0 radical (unpaired) electrons. The lowest BCUT2D eigenvalue weighted by Crippen LogP contribution is -2.46. The molecule has 10 nitrogen and oxygen atoms in total. The van der Waals surface area contributed by atoms with Gasteiger partial charge >= 0.3 is 17.9 Å². The Hall–Kier alpha value is -2.04.